The molecule has 0 aromatic heterocycles. The predicted octanol–water partition coefficient (Wildman–Crippen LogP) is 1.83. The second-order valence-corrected chi connectivity index (χ2v) is 4.48. The number of hydrogen-bond donors (Lipinski definition) is 4. The highest BCUT2D eigenvalue weighted by Crippen LogP contribution is 2.09. The van der Waals surface area contributed by atoms with Crippen molar-refractivity contribution in [2.45, 2.75) is 26.3 Å². The summed E-state index contributed by atoms with van der Waals surface area (Å²) in [6.07, 6.45) is 0. The van der Waals surface area contributed by atoms with Gasteiger partial charge in [-0.3, -0.25) is 5.41 Å². The topological polar surface area (TPSA) is 91.0 Å². The summed E-state index contributed by atoms with van der Waals surface area (Å²) in [4.78, 5) is 11.6. The maximum absolute atomic E-state index is 11.6. The Morgan fingerprint density at radius 2 is 1.82 bits per heavy atom. The van der Waals surface area contributed by atoms with Crippen LogP contribution in [0.5, 0.6) is 0 Å². The van der Waals surface area contributed by atoms with E-state index in [1.165, 1.54) is 0 Å². The van der Waals surface area contributed by atoms with Crippen molar-refractivity contribution in [2.24, 2.45) is 5.73 Å². The van der Waals surface area contributed by atoms with E-state index in [1.54, 1.807) is 13.8 Å². The number of benzene rings is 1. The lowest BCUT2D eigenvalue weighted by Crippen LogP contribution is -2.53. The Morgan fingerprint density at radius 3 is 2.29 bits per heavy atom. The Labute approximate surface area is 101 Å². The average Bonchev–Trinajstić information content (AvgIpc) is 2.20. The molecule has 1 rings (SSSR count). The Hall–Kier alpha value is -2.04. The van der Waals surface area contributed by atoms with Gasteiger partial charge in [-0.1, -0.05) is 17.7 Å². The molecule has 1 aromatic carbocycles. The first kappa shape index (κ1) is 13.0. The van der Waals surface area contributed by atoms with Crippen LogP contribution in [0.25, 0.3) is 0 Å². The highest BCUT2D eigenvalue weighted by molar-refractivity contribution is 5.95. The number of rotatable bonds is 3. The van der Waals surface area contributed by atoms with Crippen molar-refractivity contribution in [1.82, 2.24) is 5.32 Å². The third kappa shape index (κ3) is 3.79. The molecule has 0 unspecified atom stereocenters. The van der Waals surface area contributed by atoms with Crippen molar-refractivity contribution in [3.8, 4) is 0 Å². The summed E-state index contributed by atoms with van der Waals surface area (Å²) < 4.78 is 0. The molecule has 2 amide bonds. The van der Waals surface area contributed by atoms with Crippen molar-refractivity contribution in [1.29, 1.82) is 5.41 Å². The molecule has 5 nitrogen and oxygen atoms in total. The largest absolute Gasteiger partial charge is 0.386 e. The first-order valence-corrected chi connectivity index (χ1v) is 5.31. The number of hydrogen-bond acceptors (Lipinski definition) is 2. The molecule has 5 N–H and O–H groups in total. The number of carbonyl (C=O) groups excluding carboxylic acids is 1. The lowest BCUT2D eigenvalue weighted by Gasteiger charge is -2.24. The number of anilines is 1. The molecule has 17 heavy (non-hydrogen) atoms. The molecule has 0 aliphatic carbocycles. The fourth-order valence-corrected chi connectivity index (χ4v) is 1.15. The number of nitrogens with one attached hydrogen (secondary N) is 3. The van der Waals surface area contributed by atoms with E-state index in [1.807, 2.05) is 31.2 Å². The molecule has 0 bridgehead atoms. The van der Waals surface area contributed by atoms with Gasteiger partial charge in [0.15, 0.2) is 0 Å². The minimum Gasteiger partial charge on any atom is -0.386 e. The summed E-state index contributed by atoms with van der Waals surface area (Å²) in [7, 11) is 0. The van der Waals surface area contributed by atoms with Crippen LogP contribution in [0.1, 0.15) is 19.4 Å². The maximum Gasteiger partial charge on any atom is 0.320 e. The second-order valence-electron chi connectivity index (χ2n) is 4.48. The number of nitrogens with two attached hydrogens (primary N) is 1. The lowest BCUT2D eigenvalue weighted by atomic mass is 10.1. The van der Waals surface area contributed by atoms with Crippen LogP contribution in [0.2, 0.25) is 0 Å². The quantitative estimate of drug-likeness (QED) is 0.474. The summed E-state index contributed by atoms with van der Waals surface area (Å²) in [5.41, 5.74) is 6.35. The lowest BCUT2D eigenvalue weighted by molar-refractivity contribution is 0.247. The molecule has 0 atom stereocenters. The Morgan fingerprint density at radius 1 is 1.29 bits per heavy atom. The van der Waals surface area contributed by atoms with Gasteiger partial charge in [-0.2, -0.15) is 0 Å². The van der Waals surface area contributed by atoms with E-state index in [4.69, 9.17) is 11.1 Å². The van der Waals surface area contributed by atoms with Crippen molar-refractivity contribution >= 4 is 17.6 Å². The third-order valence-corrected chi connectivity index (χ3v) is 2.41. The molecular formula is C12H18N4O. The molecule has 5 heteroatoms. The fraction of sp³-hybridized carbons (Fsp3) is 0.333. The second kappa shape index (κ2) is 4.86. The number of carbonyl (C=O) groups is 1. The molecule has 0 saturated carbocycles. The molecule has 92 valence electrons. The smallest absolute Gasteiger partial charge is 0.320 e. The molecule has 0 heterocycles. The molecule has 0 radical (unpaired) electrons. The zero-order valence-electron chi connectivity index (χ0n) is 10.3. The van der Waals surface area contributed by atoms with Crippen molar-refractivity contribution in [3.63, 3.8) is 0 Å². The molecule has 0 aliphatic rings. The van der Waals surface area contributed by atoms with Gasteiger partial charge in [-0.25, -0.2) is 4.79 Å². The fourth-order valence-electron chi connectivity index (χ4n) is 1.15. The summed E-state index contributed by atoms with van der Waals surface area (Å²) in [6.45, 7) is 5.32. The van der Waals surface area contributed by atoms with Gasteiger partial charge in [0.1, 0.15) is 5.84 Å². The van der Waals surface area contributed by atoms with E-state index < -0.39 is 5.54 Å². The number of aryl methyl sites for hydroxylation is 1. The minimum atomic E-state index is -0.852. The Balaban J connectivity index is 2.62. The standard InChI is InChI=1S/C12H18N4O/c1-8-4-6-9(7-5-8)15-11(17)16-12(2,3)10(13)14/h4-7H,1-3H3,(H3,13,14)(H2,15,16,17). The SMILES string of the molecule is Cc1ccc(NC(=O)NC(C)(C)C(=N)N)cc1. The number of amides is 2. The van der Waals surface area contributed by atoms with Crippen LogP contribution in [0, 0.1) is 12.3 Å². The zero-order valence-corrected chi connectivity index (χ0v) is 10.3. The Bertz CT molecular complexity index is 423. The molecule has 0 fully saturated rings. The van der Waals surface area contributed by atoms with Gasteiger partial charge in [-0.15, -0.1) is 0 Å². The van der Waals surface area contributed by atoms with E-state index in [0.29, 0.717) is 5.69 Å². The highest BCUT2D eigenvalue weighted by atomic mass is 16.2. The van der Waals surface area contributed by atoms with Crippen LogP contribution in [0.4, 0.5) is 10.5 Å². The monoisotopic (exact) mass is 234 g/mol. The van der Waals surface area contributed by atoms with Gasteiger partial charge >= 0.3 is 6.03 Å². The van der Waals surface area contributed by atoms with E-state index in [-0.39, 0.29) is 11.9 Å². The Kier molecular flexibility index (Phi) is 3.73. The molecule has 1 aromatic rings. The van der Waals surface area contributed by atoms with Gasteiger partial charge in [0, 0.05) is 5.69 Å². The average molecular weight is 234 g/mol. The van der Waals surface area contributed by atoms with E-state index in [2.05, 4.69) is 10.6 Å². The number of amidine groups is 1. The number of urea groups is 1. The van der Waals surface area contributed by atoms with Gasteiger partial charge < -0.3 is 16.4 Å². The summed E-state index contributed by atoms with van der Waals surface area (Å²) >= 11 is 0. The van der Waals surface area contributed by atoms with Crippen LogP contribution in [-0.4, -0.2) is 17.4 Å². The van der Waals surface area contributed by atoms with Crippen molar-refractivity contribution in [2.75, 3.05) is 5.32 Å². The van der Waals surface area contributed by atoms with Crippen LogP contribution >= 0.6 is 0 Å². The first-order chi connectivity index (χ1) is 7.81. The maximum atomic E-state index is 11.6. The summed E-state index contributed by atoms with van der Waals surface area (Å²) in [5, 5.41) is 12.6. The highest BCUT2D eigenvalue weighted by Gasteiger charge is 2.23. The summed E-state index contributed by atoms with van der Waals surface area (Å²) in [5.74, 6) is -0.0865. The van der Waals surface area contributed by atoms with Crippen molar-refractivity contribution < 1.29 is 4.79 Å². The molecule has 0 saturated heterocycles. The van der Waals surface area contributed by atoms with Crippen molar-refractivity contribution in [3.05, 3.63) is 29.8 Å². The molecular weight excluding hydrogens is 216 g/mol. The van der Waals surface area contributed by atoms with Crippen LogP contribution in [0.15, 0.2) is 24.3 Å². The minimum absolute atomic E-state index is 0.0865. The first-order valence-electron chi connectivity index (χ1n) is 5.31. The van der Waals surface area contributed by atoms with Crippen LogP contribution < -0.4 is 16.4 Å². The van der Waals surface area contributed by atoms with E-state index in [9.17, 15) is 4.79 Å². The van der Waals surface area contributed by atoms with E-state index in [0.717, 1.165) is 5.56 Å². The molecule has 0 aliphatic heterocycles. The molecule has 0 spiro atoms. The van der Waals surface area contributed by atoms with E-state index >= 15 is 0 Å². The third-order valence-electron chi connectivity index (χ3n) is 2.41. The van der Waals surface area contributed by atoms with Gasteiger partial charge in [0.05, 0.1) is 5.54 Å². The zero-order chi connectivity index (χ0) is 13.1. The van der Waals surface area contributed by atoms with Crippen LogP contribution in [0.3, 0.4) is 0 Å². The van der Waals surface area contributed by atoms with Gasteiger partial charge in [0.2, 0.25) is 0 Å². The van der Waals surface area contributed by atoms with Gasteiger partial charge in [-0.05, 0) is 32.9 Å². The summed E-state index contributed by atoms with van der Waals surface area (Å²) in [6, 6.07) is 7.07. The normalized spacial score (nSPS) is 10.8. The van der Waals surface area contributed by atoms with Crippen LogP contribution in [-0.2, 0) is 0 Å². The van der Waals surface area contributed by atoms with Gasteiger partial charge in [0.25, 0.3) is 0 Å². The predicted molar refractivity (Wildman–Crippen MR) is 69.3 cm³/mol.